The number of benzene rings is 2. The third kappa shape index (κ3) is 3.86. The van der Waals surface area contributed by atoms with Crippen molar-refractivity contribution >= 4 is 29.1 Å². The van der Waals surface area contributed by atoms with Gasteiger partial charge in [-0.2, -0.15) is 0 Å². The van der Waals surface area contributed by atoms with E-state index in [1.54, 1.807) is 61.1 Å². The third-order valence-electron chi connectivity index (χ3n) is 5.15. The highest BCUT2D eigenvalue weighted by Crippen LogP contribution is 2.39. The first-order chi connectivity index (χ1) is 14.6. The number of rotatable bonds is 6. The quantitative estimate of drug-likeness (QED) is 0.370. The zero-order chi connectivity index (χ0) is 21.1. The summed E-state index contributed by atoms with van der Waals surface area (Å²) in [4.78, 5) is 31.3. The molecule has 1 atom stereocenters. The molecule has 1 aromatic heterocycles. The smallest absolute Gasteiger partial charge is 0.295 e. The van der Waals surface area contributed by atoms with Gasteiger partial charge in [0.1, 0.15) is 5.76 Å². The number of ketones is 1. The minimum atomic E-state index is -0.682. The van der Waals surface area contributed by atoms with Crippen LogP contribution in [0.5, 0.6) is 0 Å². The van der Waals surface area contributed by atoms with Crippen molar-refractivity contribution in [2.45, 2.75) is 19.0 Å². The molecular weight excluding hydrogens is 402 g/mol. The highest BCUT2D eigenvalue weighted by Gasteiger charge is 2.45. The van der Waals surface area contributed by atoms with E-state index in [0.717, 1.165) is 5.56 Å². The molecule has 2 aromatic carbocycles. The Morgan fingerprint density at radius 3 is 2.43 bits per heavy atom. The lowest BCUT2D eigenvalue weighted by molar-refractivity contribution is -0.139. The third-order valence-corrected chi connectivity index (χ3v) is 5.40. The zero-order valence-electron chi connectivity index (χ0n) is 16.1. The number of hydrogen-bond donors (Lipinski definition) is 1. The second-order valence-corrected chi connectivity index (χ2v) is 7.50. The van der Waals surface area contributed by atoms with Crippen LogP contribution in [0.4, 0.5) is 0 Å². The van der Waals surface area contributed by atoms with E-state index in [-0.39, 0.29) is 11.3 Å². The van der Waals surface area contributed by atoms with Gasteiger partial charge in [0.15, 0.2) is 0 Å². The molecule has 0 saturated carbocycles. The molecule has 0 aliphatic carbocycles. The molecule has 1 aliphatic heterocycles. The SMILES string of the molecule is O=C1C(=O)N(CCCn2ccnc2)C(c2ccc(Cl)cc2)C1=C(O)c1ccccc1. The fourth-order valence-corrected chi connectivity index (χ4v) is 3.82. The minimum Gasteiger partial charge on any atom is -0.507 e. The van der Waals surface area contributed by atoms with Crippen LogP contribution in [0.15, 0.2) is 78.9 Å². The number of aliphatic hydroxyl groups excluding tert-OH is 1. The Morgan fingerprint density at radius 1 is 1.03 bits per heavy atom. The Morgan fingerprint density at radius 2 is 1.77 bits per heavy atom. The molecule has 0 radical (unpaired) electrons. The molecular formula is C23H20ClN3O3. The van der Waals surface area contributed by atoms with Gasteiger partial charge in [0, 0.05) is 36.1 Å². The molecule has 1 fully saturated rings. The highest BCUT2D eigenvalue weighted by molar-refractivity contribution is 6.46. The Bertz CT molecular complexity index is 1080. The largest absolute Gasteiger partial charge is 0.507 e. The van der Waals surface area contributed by atoms with Gasteiger partial charge in [0.25, 0.3) is 11.7 Å². The van der Waals surface area contributed by atoms with Gasteiger partial charge >= 0.3 is 0 Å². The Hall–Kier alpha value is -3.38. The lowest BCUT2D eigenvalue weighted by Gasteiger charge is -2.25. The van der Waals surface area contributed by atoms with E-state index in [1.807, 2.05) is 16.8 Å². The number of nitrogens with zero attached hydrogens (tertiary/aromatic N) is 3. The molecule has 7 heteroatoms. The van der Waals surface area contributed by atoms with E-state index in [1.165, 1.54) is 4.90 Å². The summed E-state index contributed by atoms with van der Waals surface area (Å²) in [5.74, 6) is -1.47. The molecule has 1 N–H and O–H groups in total. The second-order valence-electron chi connectivity index (χ2n) is 7.06. The minimum absolute atomic E-state index is 0.0937. The van der Waals surface area contributed by atoms with Gasteiger partial charge in [0.05, 0.1) is 17.9 Å². The number of hydrogen-bond acceptors (Lipinski definition) is 4. The number of amides is 1. The van der Waals surface area contributed by atoms with Gasteiger partial charge in [-0.25, -0.2) is 4.98 Å². The number of aliphatic hydroxyl groups is 1. The summed E-state index contributed by atoms with van der Waals surface area (Å²) in [6.45, 7) is 1.02. The molecule has 1 saturated heterocycles. The normalized spacial score (nSPS) is 18.2. The summed E-state index contributed by atoms with van der Waals surface area (Å²) in [5.41, 5.74) is 1.31. The Balaban J connectivity index is 1.72. The van der Waals surface area contributed by atoms with E-state index in [0.29, 0.717) is 30.1 Å². The van der Waals surface area contributed by atoms with Crippen LogP contribution in [0.3, 0.4) is 0 Å². The van der Waals surface area contributed by atoms with Gasteiger partial charge in [-0.05, 0) is 24.1 Å². The predicted octanol–water partition coefficient (Wildman–Crippen LogP) is 4.05. The number of aryl methyl sites for hydroxylation is 1. The lowest BCUT2D eigenvalue weighted by Crippen LogP contribution is -2.31. The van der Waals surface area contributed by atoms with Gasteiger partial charge in [0.2, 0.25) is 0 Å². The van der Waals surface area contributed by atoms with Crippen molar-refractivity contribution in [3.63, 3.8) is 0 Å². The maximum Gasteiger partial charge on any atom is 0.295 e. The number of likely N-dealkylation sites (tertiary alicyclic amines) is 1. The van der Waals surface area contributed by atoms with Crippen molar-refractivity contribution in [1.29, 1.82) is 0 Å². The van der Waals surface area contributed by atoms with Crippen molar-refractivity contribution in [3.8, 4) is 0 Å². The summed E-state index contributed by atoms with van der Waals surface area (Å²) < 4.78 is 1.91. The second kappa shape index (κ2) is 8.55. The van der Waals surface area contributed by atoms with Gasteiger partial charge < -0.3 is 14.6 Å². The van der Waals surface area contributed by atoms with Crippen LogP contribution in [0.2, 0.25) is 5.02 Å². The molecule has 4 rings (SSSR count). The first-order valence-electron chi connectivity index (χ1n) is 9.61. The summed E-state index contributed by atoms with van der Waals surface area (Å²) in [5, 5.41) is 11.5. The van der Waals surface area contributed by atoms with Crippen molar-refractivity contribution < 1.29 is 14.7 Å². The first kappa shape index (κ1) is 19.9. The van der Waals surface area contributed by atoms with Crippen LogP contribution >= 0.6 is 11.6 Å². The number of imidazole rings is 1. The molecule has 6 nitrogen and oxygen atoms in total. The van der Waals surface area contributed by atoms with Gasteiger partial charge in [-0.1, -0.05) is 54.1 Å². The van der Waals surface area contributed by atoms with Crippen LogP contribution in [0, 0.1) is 0 Å². The standard InChI is InChI=1S/C23H20ClN3O3/c24-18-9-7-16(8-10-18)20-19(21(28)17-5-2-1-3-6-17)22(29)23(30)27(20)13-4-12-26-14-11-25-15-26/h1-3,5-11,14-15,20,28H,4,12-13H2. The van der Waals surface area contributed by atoms with Gasteiger partial charge in [-0.15, -0.1) is 0 Å². The number of carbonyl (C=O) groups excluding carboxylic acids is 2. The van der Waals surface area contributed by atoms with Crippen molar-refractivity contribution in [2.75, 3.05) is 6.54 Å². The molecule has 0 spiro atoms. The molecule has 2 heterocycles. The summed E-state index contributed by atoms with van der Waals surface area (Å²) in [6, 6.07) is 15.1. The molecule has 3 aromatic rings. The van der Waals surface area contributed by atoms with E-state index < -0.39 is 17.7 Å². The zero-order valence-corrected chi connectivity index (χ0v) is 16.9. The monoisotopic (exact) mass is 421 g/mol. The van der Waals surface area contributed by atoms with Crippen LogP contribution in [0.1, 0.15) is 23.6 Å². The van der Waals surface area contributed by atoms with Crippen molar-refractivity contribution in [2.24, 2.45) is 0 Å². The molecule has 0 bridgehead atoms. The van der Waals surface area contributed by atoms with E-state index in [9.17, 15) is 14.7 Å². The highest BCUT2D eigenvalue weighted by atomic mass is 35.5. The number of halogens is 1. The van der Waals surface area contributed by atoms with Crippen LogP contribution < -0.4 is 0 Å². The van der Waals surface area contributed by atoms with Crippen LogP contribution in [-0.2, 0) is 16.1 Å². The summed E-state index contributed by atoms with van der Waals surface area (Å²) in [6.07, 6.45) is 5.89. The fourth-order valence-electron chi connectivity index (χ4n) is 3.70. The average Bonchev–Trinajstić information content (AvgIpc) is 3.37. The van der Waals surface area contributed by atoms with Crippen molar-refractivity contribution in [1.82, 2.24) is 14.5 Å². The number of Topliss-reactive ketones (excluding diaryl/α,β-unsaturated/α-hetero) is 1. The van der Waals surface area contributed by atoms with Crippen LogP contribution in [0.25, 0.3) is 5.76 Å². The lowest BCUT2D eigenvalue weighted by atomic mass is 9.95. The number of carbonyl (C=O) groups is 2. The maximum absolute atomic E-state index is 12.9. The van der Waals surface area contributed by atoms with E-state index in [4.69, 9.17) is 11.6 Å². The molecule has 30 heavy (non-hydrogen) atoms. The Kier molecular flexibility index (Phi) is 5.68. The molecule has 1 aliphatic rings. The van der Waals surface area contributed by atoms with Crippen molar-refractivity contribution in [3.05, 3.63) is 95.0 Å². The molecule has 1 amide bonds. The topological polar surface area (TPSA) is 75.4 Å². The maximum atomic E-state index is 12.9. The summed E-state index contributed by atoms with van der Waals surface area (Å²) in [7, 11) is 0. The van der Waals surface area contributed by atoms with Gasteiger partial charge in [-0.3, -0.25) is 9.59 Å². The van der Waals surface area contributed by atoms with E-state index in [2.05, 4.69) is 4.98 Å². The predicted molar refractivity (Wildman–Crippen MR) is 114 cm³/mol. The molecule has 1 unspecified atom stereocenters. The van der Waals surface area contributed by atoms with Crippen LogP contribution in [-0.4, -0.2) is 37.8 Å². The van der Waals surface area contributed by atoms with E-state index >= 15 is 0 Å². The summed E-state index contributed by atoms with van der Waals surface area (Å²) >= 11 is 6.03. The molecule has 152 valence electrons. The Labute approximate surface area is 179 Å². The number of aromatic nitrogens is 2. The average molecular weight is 422 g/mol. The first-order valence-corrected chi connectivity index (χ1v) is 9.99. The fraction of sp³-hybridized carbons (Fsp3) is 0.174.